The van der Waals surface area contributed by atoms with Gasteiger partial charge < -0.3 is 4.74 Å². The normalized spacial score (nSPS) is 15.4. The molecular formula is C24H24F2O. The van der Waals surface area contributed by atoms with E-state index >= 15 is 8.78 Å². The Balaban J connectivity index is 1.98. The summed E-state index contributed by atoms with van der Waals surface area (Å²) in [6.45, 7) is 10.4. The number of hydrogen-bond donors (Lipinski definition) is 0. The van der Waals surface area contributed by atoms with Crippen molar-refractivity contribution in [1.82, 2.24) is 0 Å². The lowest BCUT2D eigenvalue weighted by Crippen LogP contribution is -2.27. The maximum Gasteiger partial charge on any atom is 0.427 e. The van der Waals surface area contributed by atoms with E-state index < -0.39 is 6.11 Å². The molecule has 0 atom stereocenters. The number of halogens is 2. The van der Waals surface area contributed by atoms with Crippen molar-refractivity contribution in [3.63, 3.8) is 0 Å². The van der Waals surface area contributed by atoms with Gasteiger partial charge in [-0.2, -0.15) is 8.78 Å². The Kier molecular flexibility index (Phi) is 3.85. The molecule has 0 radical (unpaired) electrons. The first-order chi connectivity index (χ1) is 12.6. The average Bonchev–Trinajstić information content (AvgIpc) is 2.58. The summed E-state index contributed by atoms with van der Waals surface area (Å²) in [5.41, 5.74) is 3.31. The number of rotatable bonds is 1. The van der Waals surface area contributed by atoms with E-state index in [1.54, 1.807) is 18.2 Å². The molecular weight excluding hydrogens is 342 g/mol. The van der Waals surface area contributed by atoms with Gasteiger partial charge in [-0.05, 0) is 44.9 Å². The molecule has 0 amide bonds. The molecule has 140 valence electrons. The van der Waals surface area contributed by atoms with Gasteiger partial charge in [-0.1, -0.05) is 77.1 Å². The zero-order valence-corrected chi connectivity index (χ0v) is 16.4. The van der Waals surface area contributed by atoms with Gasteiger partial charge in [0, 0.05) is 5.56 Å². The van der Waals surface area contributed by atoms with Crippen LogP contribution in [0.25, 0.3) is 21.9 Å². The maximum atomic E-state index is 15.1. The molecule has 3 aromatic rings. The van der Waals surface area contributed by atoms with Crippen LogP contribution >= 0.6 is 0 Å². The Labute approximate surface area is 159 Å². The Morgan fingerprint density at radius 1 is 0.889 bits per heavy atom. The van der Waals surface area contributed by atoms with Crippen LogP contribution in [0.1, 0.15) is 57.2 Å². The number of benzene rings is 3. The molecule has 3 aromatic carbocycles. The number of hydrogen-bond acceptors (Lipinski definition) is 1. The second kappa shape index (κ2) is 5.79. The van der Waals surface area contributed by atoms with Gasteiger partial charge in [-0.15, -0.1) is 0 Å². The summed E-state index contributed by atoms with van der Waals surface area (Å²) in [6.07, 6.45) is -3.36. The van der Waals surface area contributed by atoms with Crippen molar-refractivity contribution in [3.8, 4) is 16.9 Å². The third kappa shape index (κ3) is 2.90. The first kappa shape index (κ1) is 18.0. The largest absolute Gasteiger partial charge is 0.428 e. The molecule has 0 unspecified atom stereocenters. The molecule has 3 heteroatoms. The van der Waals surface area contributed by atoms with E-state index in [1.807, 2.05) is 44.2 Å². The minimum atomic E-state index is -3.36. The zero-order chi connectivity index (χ0) is 19.6. The summed E-state index contributed by atoms with van der Waals surface area (Å²) >= 11 is 0. The predicted molar refractivity (Wildman–Crippen MR) is 107 cm³/mol. The number of ether oxygens (including phenoxy) is 1. The van der Waals surface area contributed by atoms with Gasteiger partial charge in [0.05, 0.1) is 5.56 Å². The lowest BCUT2D eigenvalue weighted by atomic mass is 9.84. The Hall–Kier alpha value is -2.42. The number of fused-ring (bicyclic) bond motifs is 5. The monoisotopic (exact) mass is 366 g/mol. The highest BCUT2D eigenvalue weighted by Crippen LogP contribution is 2.50. The lowest BCUT2D eigenvalue weighted by molar-refractivity contribution is -0.185. The molecule has 0 spiro atoms. The van der Waals surface area contributed by atoms with Gasteiger partial charge in [-0.25, -0.2) is 0 Å². The van der Waals surface area contributed by atoms with Crippen LogP contribution in [0.3, 0.4) is 0 Å². The van der Waals surface area contributed by atoms with E-state index in [0.29, 0.717) is 10.9 Å². The smallest absolute Gasteiger partial charge is 0.427 e. The highest BCUT2D eigenvalue weighted by molar-refractivity contribution is 5.94. The molecule has 0 saturated heterocycles. The quantitative estimate of drug-likeness (QED) is 0.437. The standard InChI is InChI=1S/C24H24F2O/c1-14(2)15-6-9-19-20-10-7-16-12-17(23(3,4)5)8-11-18(16)22(20)24(25,26)27-21(19)13-15/h6-14H,1-5H3. The van der Waals surface area contributed by atoms with Crippen LogP contribution in [-0.4, -0.2) is 0 Å². The summed E-state index contributed by atoms with van der Waals surface area (Å²) in [6, 6.07) is 15.1. The van der Waals surface area contributed by atoms with Gasteiger partial charge >= 0.3 is 6.11 Å². The van der Waals surface area contributed by atoms with Crippen LogP contribution in [0.5, 0.6) is 5.75 Å². The maximum absolute atomic E-state index is 15.1. The summed E-state index contributed by atoms with van der Waals surface area (Å²) in [4.78, 5) is 0. The fourth-order valence-corrected chi connectivity index (χ4v) is 3.73. The SMILES string of the molecule is CC(C)c1ccc2c(c1)OC(F)(F)c1c-2ccc2cc(C(C)(C)C)ccc12. The third-order valence-corrected chi connectivity index (χ3v) is 5.38. The molecule has 1 nitrogen and oxygen atoms in total. The first-order valence-electron chi connectivity index (χ1n) is 9.37. The fourth-order valence-electron chi connectivity index (χ4n) is 3.73. The molecule has 0 aromatic heterocycles. The summed E-state index contributed by atoms with van der Waals surface area (Å²) < 4.78 is 35.3. The van der Waals surface area contributed by atoms with E-state index in [9.17, 15) is 0 Å². The summed E-state index contributed by atoms with van der Waals surface area (Å²) in [7, 11) is 0. The zero-order valence-electron chi connectivity index (χ0n) is 16.4. The van der Waals surface area contributed by atoms with Crippen molar-refractivity contribution in [2.45, 2.75) is 52.1 Å². The van der Waals surface area contributed by atoms with Crippen molar-refractivity contribution in [2.75, 3.05) is 0 Å². The van der Waals surface area contributed by atoms with Crippen LogP contribution in [0.4, 0.5) is 8.78 Å². The van der Waals surface area contributed by atoms with Gasteiger partial charge in [0.15, 0.2) is 0 Å². The van der Waals surface area contributed by atoms with Crippen LogP contribution in [0, 0.1) is 0 Å². The molecule has 0 aliphatic carbocycles. The van der Waals surface area contributed by atoms with Gasteiger partial charge in [0.25, 0.3) is 0 Å². The van der Waals surface area contributed by atoms with Crippen molar-refractivity contribution < 1.29 is 13.5 Å². The topological polar surface area (TPSA) is 9.23 Å². The van der Waals surface area contributed by atoms with Crippen LogP contribution in [-0.2, 0) is 11.5 Å². The van der Waals surface area contributed by atoms with E-state index in [2.05, 4.69) is 20.8 Å². The average molecular weight is 366 g/mol. The molecule has 27 heavy (non-hydrogen) atoms. The van der Waals surface area contributed by atoms with Crippen LogP contribution in [0.2, 0.25) is 0 Å². The molecule has 0 saturated carbocycles. The predicted octanol–water partition coefficient (Wildman–Crippen LogP) is 7.37. The van der Waals surface area contributed by atoms with E-state index in [1.165, 1.54) is 0 Å². The Morgan fingerprint density at radius 2 is 1.59 bits per heavy atom. The second-order valence-electron chi connectivity index (χ2n) is 8.70. The summed E-state index contributed by atoms with van der Waals surface area (Å²) in [5.74, 6) is 0.505. The van der Waals surface area contributed by atoms with E-state index in [-0.39, 0.29) is 22.6 Å². The van der Waals surface area contributed by atoms with Crippen molar-refractivity contribution in [1.29, 1.82) is 0 Å². The number of alkyl halides is 2. The minimum Gasteiger partial charge on any atom is -0.428 e. The van der Waals surface area contributed by atoms with Gasteiger partial charge in [0.2, 0.25) is 0 Å². The van der Waals surface area contributed by atoms with Gasteiger partial charge in [-0.3, -0.25) is 0 Å². The Morgan fingerprint density at radius 3 is 2.26 bits per heavy atom. The highest BCUT2D eigenvalue weighted by atomic mass is 19.3. The lowest BCUT2D eigenvalue weighted by Gasteiger charge is -2.30. The Bertz CT molecular complexity index is 1040. The molecule has 4 rings (SSSR count). The summed E-state index contributed by atoms with van der Waals surface area (Å²) in [5, 5.41) is 1.36. The van der Waals surface area contributed by atoms with Crippen molar-refractivity contribution >= 4 is 10.8 Å². The van der Waals surface area contributed by atoms with Crippen LogP contribution in [0.15, 0.2) is 48.5 Å². The molecule has 0 N–H and O–H groups in total. The molecule has 1 aliphatic heterocycles. The first-order valence-corrected chi connectivity index (χ1v) is 9.37. The molecule has 0 bridgehead atoms. The third-order valence-electron chi connectivity index (χ3n) is 5.38. The van der Waals surface area contributed by atoms with Crippen molar-refractivity contribution in [2.24, 2.45) is 0 Å². The highest BCUT2D eigenvalue weighted by Gasteiger charge is 2.43. The minimum absolute atomic E-state index is 0.0368. The molecule has 1 aliphatic rings. The van der Waals surface area contributed by atoms with Crippen molar-refractivity contribution in [3.05, 3.63) is 65.2 Å². The van der Waals surface area contributed by atoms with Crippen LogP contribution < -0.4 is 4.74 Å². The second-order valence-corrected chi connectivity index (χ2v) is 8.70. The van der Waals surface area contributed by atoms with E-state index in [4.69, 9.17) is 4.74 Å². The molecule has 1 heterocycles. The molecule has 0 fully saturated rings. The fraction of sp³-hybridized carbons (Fsp3) is 0.333. The van der Waals surface area contributed by atoms with Gasteiger partial charge in [0.1, 0.15) is 5.75 Å². The van der Waals surface area contributed by atoms with E-state index in [0.717, 1.165) is 22.1 Å².